The maximum atomic E-state index is 3.39. The zero-order valence-electron chi connectivity index (χ0n) is 11.5. The molecule has 3 aromatic carbocycles. The van der Waals surface area contributed by atoms with Gasteiger partial charge in [0.25, 0.3) is 0 Å². The van der Waals surface area contributed by atoms with Crippen molar-refractivity contribution in [3.05, 3.63) is 78.9 Å². The van der Waals surface area contributed by atoms with Gasteiger partial charge in [-0.15, -0.1) is 0 Å². The summed E-state index contributed by atoms with van der Waals surface area (Å²) in [5, 5.41) is 3.39. The van der Waals surface area contributed by atoms with Crippen LogP contribution in [0.1, 0.15) is 0 Å². The molecule has 0 atom stereocenters. The van der Waals surface area contributed by atoms with Crippen molar-refractivity contribution in [3.8, 4) is 11.1 Å². The fraction of sp³-hybridized carbons (Fsp3) is 0. The highest BCUT2D eigenvalue weighted by atomic mass is 14.9. The summed E-state index contributed by atoms with van der Waals surface area (Å²) in [6, 6.07) is 27.3. The Morgan fingerprint density at radius 3 is 1.65 bits per heavy atom. The van der Waals surface area contributed by atoms with Crippen LogP contribution in [0.25, 0.3) is 11.1 Å². The second-order valence-corrected chi connectivity index (χ2v) is 4.93. The summed E-state index contributed by atoms with van der Waals surface area (Å²) in [5.74, 6) is 0. The van der Waals surface area contributed by atoms with E-state index >= 15 is 0 Å². The lowest BCUT2D eigenvalue weighted by Gasteiger charge is -2.08. The van der Waals surface area contributed by atoms with Gasteiger partial charge in [-0.25, -0.2) is 0 Å². The number of hydrogen-bond donors (Lipinski definition) is 1. The average Bonchev–Trinajstić information content (AvgIpc) is 2.50. The van der Waals surface area contributed by atoms with E-state index in [0.29, 0.717) is 0 Å². The Bertz CT molecular complexity index is 673. The number of benzene rings is 3. The molecule has 0 aromatic heterocycles. The largest absolute Gasteiger partial charge is 0.356 e. The van der Waals surface area contributed by atoms with Crippen molar-refractivity contribution < 1.29 is 0 Å². The van der Waals surface area contributed by atoms with E-state index < -0.39 is 0 Å². The van der Waals surface area contributed by atoms with E-state index in [2.05, 4.69) is 73.8 Å². The fourth-order valence-corrected chi connectivity index (χ4v) is 2.18. The first-order chi connectivity index (χ1) is 9.81. The third-order valence-corrected chi connectivity index (χ3v) is 3.33. The number of rotatable bonds is 3. The third kappa shape index (κ3) is 2.91. The van der Waals surface area contributed by atoms with Crippen LogP contribution in [0.5, 0.6) is 0 Å². The third-order valence-electron chi connectivity index (χ3n) is 3.33. The van der Waals surface area contributed by atoms with Gasteiger partial charge in [-0.2, -0.15) is 0 Å². The Morgan fingerprint density at radius 1 is 0.550 bits per heavy atom. The Balaban J connectivity index is 1.79. The van der Waals surface area contributed by atoms with Crippen LogP contribution in [0.3, 0.4) is 0 Å². The van der Waals surface area contributed by atoms with E-state index in [1.807, 2.05) is 18.2 Å². The van der Waals surface area contributed by atoms with Gasteiger partial charge in [0.05, 0.1) is 0 Å². The van der Waals surface area contributed by atoms with Gasteiger partial charge >= 0.3 is 0 Å². The minimum absolute atomic E-state index is 1.10. The van der Waals surface area contributed by atoms with Gasteiger partial charge < -0.3 is 5.32 Å². The van der Waals surface area contributed by atoms with Gasteiger partial charge in [0.15, 0.2) is 0 Å². The van der Waals surface area contributed by atoms with Gasteiger partial charge in [-0.1, -0.05) is 60.1 Å². The quantitative estimate of drug-likeness (QED) is 0.709. The zero-order chi connectivity index (χ0) is 13.8. The molecular weight excluding hydrogens is 241 g/mol. The SMILES string of the molecule is Bc1ccc(-c2ccc(Nc3ccccc3)cc2)cc1. The lowest BCUT2D eigenvalue weighted by molar-refractivity contribution is 1.54. The molecule has 0 aliphatic heterocycles. The van der Waals surface area contributed by atoms with Crippen LogP contribution in [0.15, 0.2) is 78.9 Å². The van der Waals surface area contributed by atoms with Gasteiger partial charge in [0, 0.05) is 11.4 Å². The lowest BCUT2D eigenvalue weighted by atomic mass is 9.94. The van der Waals surface area contributed by atoms with Gasteiger partial charge in [0.2, 0.25) is 0 Å². The Hall–Kier alpha value is -2.48. The average molecular weight is 257 g/mol. The number of para-hydroxylation sites is 1. The summed E-state index contributed by atoms with van der Waals surface area (Å²) in [5.41, 5.74) is 5.99. The molecule has 0 spiro atoms. The van der Waals surface area contributed by atoms with E-state index in [0.717, 1.165) is 11.4 Å². The second kappa shape index (κ2) is 5.66. The summed E-state index contributed by atoms with van der Waals surface area (Å²) in [4.78, 5) is 0. The van der Waals surface area contributed by atoms with Gasteiger partial charge in [-0.05, 0) is 35.4 Å². The highest BCUT2D eigenvalue weighted by molar-refractivity contribution is 6.32. The topological polar surface area (TPSA) is 12.0 Å². The van der Waals surface area contributed by atoms with Crippen LogP contribution in [-0.4, -0.2) is 7.85 Å². The molecule has 1 N–H and O–H groups in total. The van der Waals surface area contributed by atoms with Gasteiger partial charge in [0.1, 0.15) is 7.85 Å². The highest BCUT2D eigenvalue weighted by Crippen LogP contribution is 2.22. The first-order valence-electron chi connectivity index (χ1n) is 6.80. The predicted octanol–water partition coefficient (Wildman–Crippen LogP) is 3.36. The molecule has 2 heteroatoms. The first kappa shape index (κ1) is 12.6. The van der Waals surface area contributed by atoms with E-state index in [9.17, 15) is 0 Å². The number of hydrogen-bond acceptors (Lipinski definition) is 1. The van der Waals surface area contributed by atoms with Crippen molar-refractivity contribution in [2.45, 2.75) is 0 Å². The summed E-state index contributed by atoms with van der Waals surface area (Å²) < 4.78 is 0. The summed E-state index contributed by atoms with van der Waals surface area (Å²) in [6.45, 7) is 0. The maximum Gasteiger partial charge on any atom is 0.139 e. The predicted molar refractivity (Wildman–Crippen MR) is 89.8 cm³/mol. The van der Waals surface area contributed by atoms with E-state index in [4.69, 9.17) is 0 Å². The molecule has 0 fully saturated rings. The molecule has 20 heavy (non-hydrogen) atoms. The van der Waals surface area contributed by atoms with Crippen molar-refractivity contribution in [1.29, 1.82) is 0 Å². The van der Waals surface area contributed by atoms with E-state index in [1.54, 1.807) is 0 Å². The van der Waals surface area contributed by atoms with Crippen molar-refractivity contribution in [2.75, 3.05) is 5.32 Å². The molecule has 0 aliphatic rings. The minimum atomic E-state index is 1.10. The van der Waals surface area contributed by atoms with Crippen LogP contribution < -0.4 is 10.8 Å². The summed E-state index contributed by atoms with van der Waals surface area (Å²) >= 11 is 0. The van der Waals surface area contributed by atoms with E-state index in [1.165, 1.54) is 16.6 Å². The molecule has 0 amide bonds. The van der Waals surface area contributed by atoms with Crippen molar-refractivity contribution >= 4 is 24.7 Å². The number of nitrogens with one attached hydrogen (secondary N) is 1. The molecule has 0 aliphatic carbocycles. The van der Waals surface area contributed by atoms with Crippen molar-refractivity contribution in [2.24, 2.45) is 0 Å². The van der Waals surface area contributed by atoms with Crippen LogP contribution >= 0.6 is 0 Å². The molecule has 0 bridgehead atoms. The van der Waals surface area contributed by atoms with Crippen LogP contribution in [0.4, 0.5) is 11.4 Å². The standard InChI is InChI=1S/C18H16BN/c19-16-10-6-14(7-11-16)15-8-12-18(13-9-15)20-17-4-2-1-3-5-17/h1-13,20H,19H2. The molecule has 0 radical (unpaired) electrons. The zero-order valence-corrected chi connectivity index (χ0v) is 11.5. The Kier molecular flexibility index (Phi) is 3.55. The Morgan fingerprint density at radius 2 is 1.05 bits per heavy atom. The Labute approximate surface area is 120 Å². The molecule has 0 heterocycles. The summed E-state index contributed by atoms with van der Waals surface area (Å²) in [7, 11) is 2.11. The van der Waals surface area contributed by atoms with Crippen LogP contribution in [-0.2, 0) is 0 Å². The summed E-state index contributed by atoms with van der Waals surface area (Å²) in [6.07, 6.45) is 0. The molecule has 3 aromatic rings. The van der Waals surface area contributed by atoms with Gasteiger partial charge in [-0.3, -0.25) is 0 Å². The van der Waals surface area contributed by atoms with E-state index in [-0.39, 0.29) is 0 Å². The highest BCUT2D eigenvalue weighted by Gasteiger charge is 1.98. The normalized spacial score (nSPS) is 10.2. The molecule has 1 nitrogen and oxygen atoms in total. The molecule has 0 unspecified atom stereocenters. The van der Waals surface area contributed by atoms with Crippen molar-refractivity contribution in [3.63, 3.8) is 0 Å². The maximum absolute atomic E-state index is 3.39. The fourth-order valence-electron chi connectivity index (χ4n) is 2.18. The smallest absolute Gasteiger partial charge is 0.139 e. The minimum Gasteiger partial charge on any atom is -0.356 e. The molecule has 96 valence electrons. The van der Waals surface area contributed by atoms with Crippen LogP contribution in [0.2, 0.25) is 0 Å². The lowest BCUT2D eigenvalue weighted by Crippen LogP contribution is -1.99. The monoisotopic (exact) mass is 257 g/mol. The molecule has 3 rings (SSSR count). The molecular formula is C18H16BN. The second-order valence-electron chi connectivity index (χ2n) is 4.93. The van der Waals surface area contributed by atoms with Crippen molar-refractivity contribution in [1.82, 2.24) is 0 Å². The first-order valence-corrected chi connectivity index (χ1v) is 6.80. The molecule has 0 saturated carbocycles. The van der Waals surface area contributed by atoms with Crippen LogP contribution in [0, 0.1) is 0 Å². The number of anilines is 2. The molecule has 0 saturated heterocycles.